The maximum atomic E-state index is 5.38. The van der Waals surface area contributed by atoms with Gasteiger partial charge in [0.25, 0.3) is 0 Å². The Morgan fingerprint density at radius 2 is 1.53 bits per heavy atom. The van der Waals surface area contributed by atoms with Crippen LogP contribution in [0.25, 0.3) is 0 Å². The highest BCUT2D eigenvalue weighted by Gasteiger charge is 1.95. The lowest BCUT2D eigenvalue weighted by atomic mass is 10.2. The maximum Gasteiger partial charge on any atom is 0.0701 e. The fourth-order valence-electron chi connectivity index (χ4n) is 0.921. The van der Waals surface area contributed by atoms with Crippen LogP contribution < -0.4 is 0 Å². The van der Waals surface area contributed by atoms with Gasteiger partial charge in [-0.3, -0.25) is 0 Å². The van der Waals surface area contributed by atoms with E-state index < -0.39 is 0 Å². The molecule has 0 aromatic rings. The van der Waals surface area contributed by atoms with E-state index in [1.165, 1.54) is 0 Å². The van der Waals surface area contributed by atoms with E-state index in [1.807, 2.05) is 6.08 Å². The Morgan fingerprint density at radius 1 is 1.00 bits per heavy atom. The lowest BCUT2D eigenvalue weighted by Crippen LogP contribution is -2.11. The molecular weight excluding hydrogens is 192 g/mol. The molecule has 3 nitrogen and oxygen atoms in total. The normalized spacial score (nSPS) is 12.7. The van der Waals surface area contributed by atoms with E-state index in [0.717, 1.165) is 19.6 Å². The van der Waals surface area contributed by atoms with Gasteiger partial charge >= 0.3 is 0 Å². The van der Waals surface area contributed by atoms with Gasteiger partial charge in [0.15, 0.2) is 0 Å². The molecule has 0 aliphatic rings. The van der Waals surface area contributed by atoms with Crippen LogP contribution in [0.3, 0.4) is 0 Å². The van der Waals surface area contributed by atoms with Gasteiger partial charge in [0.05, 0.1) is 33.0 Å². The molecular formula is C12H24O3. The van der Waals surface area contributed by atoms with Crippen molar-refractivity contribution in [2.45, 2.75) is 20.3 Å². The Balaban J connectivity index is 2.95. The monoisotopic (exact) mass is 216 g/mol. The van der Waals surface area contributed by atoms with Gasteiger partial charge in [0.1, 0.15) is 0 Å². The average Bonchev–Trinajstić information content (AvgIpc) is 2.26. The molecule has 0 aliphatic heterocycles. The molecule has 0 N–H and O–H groups in total. The Hall–Kier alpha value is -0.380. The second kappa shape index (κ2) is 11.7. The molecule has 0 radical (unpaired) electrons. The van der Waals surface area contributed by atoms with Crippen molar-refractivity contribution >= 4 is 0 Å². The topological polar surface area (TPSA) is 27.7 Å². The van der Waals surface area contributed by atoms with Crippen molar-refractivity contribution in [1.82, 2.24) is 0 Å². The summed E-state index contributed by atoms with van der Waals surface area (Å²) in [7, 11) is 0. The molecule has 0 aliphatic carbocycles. The third-order valence-electron chi connectivity index (χ3n) is 1.88. The Kier molecular flexibility index (Phi) is 11.4. The summed E-state index contributed by atoms with van der Waals surface area (Å²) in [5.41, 5.74) is 0. The highest BCUT2D eigenvalue weighted by atomic mass is 16.5. The molecule has 0 bridgehead atoms. The van der Waals surface area contributed by atoms with Crippen molar-refractivity contribution in [2.75, 3.05) is 39.6 Å². The van der Waals surface area contributed by atoms with Gasteiger partial charge in [-0.1, -0.05) is 19.9 Å². The second-order valence-electron chi connectivity index (χ2n) is 3.51. The van der Waals surface area contributed by atoms with Crippen LogP contribution in [0.15, 0.2) is 12.7 Å². The molecule has 0 aromatic carbocycles. The van der Waals surface area contributed by atoms with Crippen LogP contribution in [0, 0.1) is 5.92 Å². The van der Waals surface area contributed by atoms with Crippen LogP contribution in [0.4, 0.5) is 0 Å². The number of rotatable bonds is 11. The zero-order chi connectivity index (χ0) is 11.4. The van der Waals surface area contributed by atoms with Gasteiger partial charge in [-0.2, -0.15) is 0 Å². The van der Waals surface area contributed by atoms with Crippen LogP contribution in [-0.4, -0.2) is 39.6 Å². The van der Waals surface area contributed by atoms with Gasteiger partial charge in [-0.25, -0.2) is 0 Å². The molecule has 0 fully saturated rings. The van der Waals surface area contributed by atoms with E-state index in [9.17, 15) is 0 Å². The van der Waals surface area contributed by atoms with Crippen LogP contribution in [0.1, 0.15) is 20.3 Å². The zero-order valence-corrected chi connectivity index (χ0v) is 10.0. The van der Waals surface area contributed by atoms with E-state index in [-0.39, 0.29) is 0 Å². The van der Waals surface area contributed by atoms with E-state index in [1.54, 1.807) is 0 Å². The van der Waals surface area contributed by atoms with Crippen LogP contribution in [0.2, 0.25) is 0 Å². The number of hydrogen-bond donors (Lipinski definition) is 0. The Morgan fingerprint density at radius 3 is 2.07 bits per heavy atom. The minimum Gasteiger partial charge on any atom is -0.379 e. The molecule has 0 rings (SSSR count). The fourth-order valence-corrected chi connectivity index (χ4v) is 0.921. The summed E-state index contributed by atoms with van der Waals surface area (Å²) in [6.45, 7) is 12.0. The molecule has 1 unspecified atom stereocenters. The standard InChI is InChI=1S/C12H24O3/c1-4-6-13-7-8-14-9-10-15-11-12(3)5-2/h5,12H,2,4,6-11H2,1,3H3. The molecule has 1 atom stereocenters. The number of hydrogen-bond acceptors (Lipinski definition) is 3. The fraction of sp³-hybridized carbons (Fsp3) is 0.833. The molecule has 90 valence electrons. The van der Waals surface area contributed by atoms with Crippen molar-refractivity contribution in [3.63, 3.8) is 0 Å². The maximum absolute atomic E-state index is 5.38. The van der Waals surface area contributed by atoms with Crippen molar-refractivity contribution in [3.8, 4) is 0 Å². The lowest BCUT2D eigenvalue weighted by molar-refractivity contribution is 0.0112. The van der Waals surface area contributed by atoms with Crippen molar-refractivity contribution < 1.29 is 14.2 Å². The zero-order valence-electron chi connectivity index (χ0n) is 10.0. The van der Waals surface area contributed by atoms with E-state index in [0.29, 0.717) is 32.3 Å². The molecule has 0 saturated carbocycles. The molecule has 15 heavy (non-hydrogen) atoms. The Bertz CT molecular complexity index is 137. The van der Waals surface area contributed by atoms with Gasteiger partial charge in [-0.05, 0) is 12.3 Å². The summed E-state index contributed by atoms with van der Waals surface area (Å²) in [5, 5.41) is 0. The molecule has 0 heterocycles. The SMILES string of the molecule is C=CC(C)COCCOCCOCCC. The summed E-state index contributed by atoms with van der Waals surface area (Å²) in [6, 6.07) is 0. The summed E-state index contributed by atoms with van der Waals surface area (Å²) < 4.78 is 16.0. The average molecular weight is 216 g/mol. The van der Waals surface area contributed by atoms with Crippen LogP contribution >= 0.6 is 0 Å². The van der Waals surface area contributed by atoms with Gasteiger partial charge in [0.2, 0.25) is 0 Å². The van der Waals surface area contributed by atoms with Gasteiger partial charge < -0.3 is 14.2 Å². The largest absolute Gasteiger partial charge is 0.379 e. The second-order valence-corrected chi connectivity index (χ2v) is 3.51. The first-order chi connectivity index (χ1) is 7.31. The van der Waals surface area contributed by atoms with Crippen LogP contribution in [-0.2, 0) is 14.2 Å². The highest BCUT2D eigenvalue weighted by Crippen LogP contribution is 1.95. The van der Waals surface area contributed by atoms with Crippen LogP contribution in [0.5, 0.6) is 0 Å². The van der Waals surface area contributed by atoms with Crippen molar-refractivity contribution in [2.24, 2.45) is 5.92 Å². The van der Waals surface area contributed by atoms with E-state index in [2.05, 4.69) is 20.4 Å². The minimum absolute atomic E-state index is 0.415. The summed E-state index contributed by atoms with van der Waals surface area (Å²) in [4.78, 5) is 0. The van der Waals surface area contributed by atoms with Gasteiger partial charge in [-0.15, -0.1) is 6.58 Å². The molecule has 0 amide bonds. The first-order valence-corrected chi connectivity index (χ1v) is 5.67. The molecule has 0 spiro atoms. The predicted molar refractivity (Wildman–Crippen MR) is 62.1 cm³/mol. The lowest BCUT2D eigenvalue weighted by Gasteiger charge is -2.08. The Labute approximate surface area is 93.4 Å². The van der Waals surface area contributed by atoms with Crippen molar-refractivity contribution in [3.05, 3.63) is 12.7 Å². The molecule has 0 saturated heterocycles. The smallest absolute Gasteiger partial charge is 0.0701 e. The highest BCUT2D eigenvalue weighted by molar-refractivity contribution is 4.73. The van der Waals surface area contributed by atoms with E-state index in [4.69, 9.17) is 14.2 Å². The first kappa shape index (κ1) is 14.6. The quantitative estimate of drug-likeness (QED) is 0.392. The van der Waals surface area contributed by atoms with Crippen molar-refractivity contribution in [1.29, 1.82) is 0 Å². The number of ether oxygens (including phenoxy) is 3. The minimum atomic E-state index is 0.415. The summed E-state index contributed by atoms with van der Waals surface area (Å²) in [6.07, 6.45) is 2.95. The molecule has 3 heteroatoms. The molecule has 0 aromatic heterocycles. The predicted octanol–water partition coefficient (Wildman–Crippen LogP) is 2.27. The summed E-state index contributed by atoms with van der Waals surface area (Å²) >= 11 is 0. The third-order valence-corrected chi connectivity index (χ3v) is 1.88. The summed E-state index contributed by atoms with van der Waals surface area (Å²) in [5.74, 6) is 0.415. The first-order valence-electron chi connectivity index (χ1n) is 5.67. The third kappa shape index (κ3) is 11.5. The van der Waals surface area contributed by atoms with E-state index >= 15 is 0 Å². The van der Waals surface area contributed by atoms with Gasteiger partial charge in [0, 0.05) is 6.61 Å².